The smallest absolute Gasteiger partial charge is 0.129 e. The molecule has 1 N–H and O–H groups in total. The van der Waals surface area contributed by atoms with E-state index >= 15 is 0 Å². The minimum absolute atomic E-state index is 0.441. The van der Waals surface area contributed by atoms with Gasteiger partial charge in [-0.3, -0.25) is 4.98 Å². The summed E-state index contributed by atoms with van der Waals surface area (Å²) in [6, 6.07) is 4.40. The monoisotopic (exact) mass is 303 g/mol. The molecule has 0 amide bonds. The maximum Gasteiger partial charge on any atom is 0.129 e. The minimum Gasteiger partial charge on any atom is -0.370 e. The van der Waals surface area contributed by atoms with Crippen LogP contribution in [0.1, 0.15) is 18.5 Å². The van der Waals surface area contributed by atoms with E-state index < -0.39 is 0 Å². The van der Waals surface area contributed by atoms with Gasteiger partial charge < -0.3 is 10.2 Å². The molecular weight excluding hydrogens is 286 g/mol. The van der Waals surface area contributed by atoms with Crippen LogP contribution in [0, 0.1) is 6.92 Å². The molecule has 0 radical (unpaired) electrons. The van der Waals surface area contributed by atoms with E-state index in [1.54, 1.807) is 18.7 Å². The topological polar surface area (TPSA) is 53.9 Å². The summed E-state index contributed by atoms with van der Waals surface area (Å²) < 4.78 is 0. The third-order valence-corrected chi connectivity index (χ3v) is 4.03. The van der Waals surface area contributed by atoms with Gasteiger partial charge in [-0.2, -0.15) is 0 Å². The molecule has 0 saturated carbocycles. The van der Waals surface area contributed by atoms with Gasteiger partial charge in [-0.25, -0.2) is 9.97 Å². The Hall–Kier alpha value is -1.88. The predicted octanol–water partition coefficient (Wildman–Crippen LogP) is 2.91. The fourth-order valence-corrected chi connectivity index (χ4v) is 2.87. The molecule has 0 bridgehead atoms. The van der Waals surface area contributed by atoms with Gasteiger partial charge in [0.1, 0.15) is 12.1 Å². The first-order valence-corrected chi connectivity index (χ1v) is 7.50. The van der Waals surface area contributed by atoms with E-state index in [0.29, 0.717) is 6.04 Å². The Bertz CT molecular complexity index is 611. The van der Waals surface area contributed by atoms with Gasteiger partial charge >= 0.3 is 0 Å². The zero-order valence-corrected chi connectivity index (χ0v) is 12.7. The molecule has 110 valence electrons. The summed E-state index contributed by atoms with van der Waals surface area (Å²) in [5, 5.41) is 4.20. The van der Waals surface area contributed by atoms with Gasteiger partial charge in [0.25, 0.3) is 0 Å². The number of anilines is 2. The Kier molecular flexibility index (Phi) is 4.20. The molecule has 21 heavy (non-hydrogen) atoms. The number of hydrogen-bond donors (Lipinski definition) is 1. The van der Waals surface area contributed by atoms with Crippen molar-refractivity contribution in [2.24, 2.45) is 0 Å². The highest BCUT2D eigenvalue weighted by molar-refractivity contribution is 6.33. The van der Waals surface area contributed by atoms with E-state index in [4.69, 9.17) is 11.6 Å². The van der Waals surface area contributed by atoms with Crippen molar-refractivity contribution >= 4 is 23.1 Å². The number of piperidine rings is 1. The van der Waals surface area contributed by atoms with Crippen molar-refractivity contribution in [3.8, 4) is 0 Å². The lowest BCUT2D eigenvalue weighted by Crippen LogP contribution is -2.39. The summed E-state index contributed by atoms with van der Waals surface area (Å²) in [6.07, 6.45) is 7.20. The van der Waals surface area contributed by atoms with Gasteiger partial charge in [-0.1, -0.05) is 11.6 Å². The highest BCUT2D eigenvalue weighted by Crippen LogP contribution is 2.27. The molecule has 6 heteroatoms. The molecule has 2 aromatic heterocycles. The van der Waals surface area contributed by atoms with Crippen molar-refractivity contribution in [3.63, 3.8) is 0 Å². The van der Waals surface area contributed by atoms with Crippen molar-refractivity contribution < 1.29 is 0 Å². The molecule has 0 unspecified atom stereocenters. The number of aromatic nitrogens is 3. The maximum absolute atomic E-state index is 6.20. The summed E-state index contributed by atoms with van der Waals surface area (Å²) in [5.74, 6) is 0.905. The number of halogens is 1. The van der Waals surface area contributed by atoms with Gasteiger partial charge in [0.15, 0.2) is 0 Å². The maximum atomic E-state index is 6.20. The molecule has 1 aliphatic rings. The van der Waals surface area contributed by atoms with Gasteiger partial charge in [0.2, 0.25) is 0 Å². The second kappa shape index (κ2) is 6.26. The van der Waals surface area contributed by atoms with Gasteiger partial charge in [0.05, 0.1) is 10.7 Å². The molecule has 2 aromatic rings. The number of pyridine rings is 1. The molecule has 3 rings (SSSR count). The average Bonchev–Trinajstić information content (AvgIpc) is 2.49. The third-order valence-electron chi connectivity index (χ3n) is 3.74. The molecular formula is C15H18ClN5. The lowest BCUT2D eigenvalue weighted by Gasteiger charge is -2.34. The second-order valence-corrected chi connectivity index (χ2v) is 5.68. The Labute approximate surface area is 129 Å². The largest absolute Gasteiger partial charge is 0.370 e. The normalized spacial score (nSPS) is 16.0. The zero-order chi connectivity index (χ0) is 14.7. The van der Waals surface area contributed by atoms with Crippen LogP contribution in [0.15, 0.2) is 30.9 Å². The standard InChI is InChI=1S/C15H18ClN5/c1-11-8-15(19-10-18-11)20-12-3-6-21(7-4-12)14-2-5-17-9-13(14)16/h2,5,8-10,12H,3-4,6-7H2,1H3,(H,18,19,20). The van der Waals surface area contributed by atoms with Crippen LogP contribution in [0.2, 0.25) is 5.02 Å². The summed E-state index contributed by atoms with van der Waals surface area (Å²) in [6.45, 7) is 3.93. The molecule has 1 saturated heterocycles. The molecule has 0 aliphatic carbocycles. The van der Waals surface area contributed by atoms with Crippen molar-refractivity contribution in [3.05, 3.63) is 41.6 Å². The molecule has 0 spiro atoms. The Balaban J connectivity index is 1.59. The van der Waals surface area contributed by atoms with Crippen molar-refractivity contribution in [1.29, 1.82) is 0 Å². The fourth-order valence-electron chi connectivity index (χ4n) is 2.63. The Morgan fingerprint density at radius 3 is 2.81 bits per heavy atom. The molecule has 1 aliphatic heterocycles. The highest BCUT2D eigenvalue weighted by atomic mass is 35.5. The second-order valence-electron chi connectivity index (χ2n) is 5.28. The predicted molar refractivity (Wildman–Crippen MR) is 84.9 cm³/mol. The summed E-state index contributed by atoms with van der Waals surface area (Å²) >= 11 is 6.20. The first kappa shape index (κ1) is 14.1. The quantitative estimate of drug-likeness (QED) is 0.945. The molecule has 5 nitrogen and oxygen atoms in total. The minimum atomic E-state index is 0.441. The Morgan fingerprint density at radius 1 is 1.29 bits per heavy atom. The molecule has 1 fully saturated rings. The lowest BCUT2D eigenvalue weighted by molar-refractivity contribution is 0.525. The van der Waals surface area contributed by atoms with Crippen LogP contribution in [0.5, 0.6) is 0 Å². The number of hydrogen-bond acceptors (Lipinski definition) is 5. The van der Waals surface area contributed by atoms with Gasteiger partial charge in [-0.05, 0) is 25.8 Å². The molecule has 3 heterocycles. The van der Waals surface area contributed by atoms with Crippen LogP contribution >= 0.6 is 11.6 Å². The fraction of sp³-hybridized carbons (Fsp3) is 0.400. The SMILES string of the molecule is Cc1cc(NC2CCN(c3ccncc3Cl)CC2)ncn1. The number of aryl methyl sites for hydroxylation is 1. The van der Waals surface area contributed by atoms with Crippen molar-refractivity contribution in [2.75, 3.05) is 23.3 Å². The van der Waals surface area contributed by atoms with Crippen LogP contribution in [0.3, 0.4) is 0 Å². The lowest BCUT2D eigenvalue weighted by atomic mass is 10.0. The number of rotatable bonds is 3. The van der Waals surface area contributed by atoms with E-state index in [9.17, 15) is 0 Å². The summed E-state index contributed by atoms with van der Waals surface area (Å²) in [5.41, 5.74) is 2.05. The van der Waals surface area contributed by atoms with Crippen molar-refractivity contribution in [2.45, 2.75) is 25.8 Å². The van der Waals surface area contributed by atoms with Crippen LogP contribution in [0.25, 0.3) is 0 Å². The zero-order valence-electron chi connectivity index (χ0n) is 12.0. The van der Waals surface area contributed by atoms with Crippen molar-refractivity contribution in [1.82, 2.24) is 15.0 Å². The van der Waals surface area contributed by atoms with E-state index in [2.05, 4.69) is 25.2 Å². The summed E-state index contributed by atoms with van der Waals surface area (Å²) in [7, 11) is 0. The molecule has 0 aromatic carbocycles. The third kappa shape index (κ3) is 3.42. The van der Waals surface area contributed by atoms with E-state index in [1.165, 1.54) is 0 Å². The summed E-state index contributed by atoms with van der Waals surface area (Å²) in [4.78, 5) is 14.7. The van der Waals surface area contributed by atoms with E-state index in [0.717, 1.165) is 48.2 Å². The average molecular weight is 304 g/mol. The van der Waals surface area contributed by atoms with Crippen LogP contribution < -0.4 is 10.2 Å². The Morgan fingerprint density at radius 2 is 2.10 bits per heavy atom. The first-order chi connectivity index (χ1) is 10.2. The van der Waals surface area contributed by atoms with Crippen LogP contribution in [0.4, 0.5) is 11.5 Å². The van der Waals surface area contributed by atoms with Gasteiger partial charge in [0, 0.05) is 43.3 Å². The number of nitrogens with one attached hydrogen (secondary N) is 1. The molecule has 0 atom stereocenters. The first-order valence-electron chi connectivity index (χ1n) is 7.12. The highest BCUT2D eigenvalue weighted by Gasteiger charge is 2.20. The van der Waals surface area contributed by atoms with Crippen LogP contribution in [-0.2, 0) is 0 Å². The van der Waals surface area contributed by atoms with E-state index in [1.807, 2.05) is 19.1 Å². The van der Waals surface area contributed by atoms with Gasteiger partial charge in [-0.15, -0.1) is 0 Å². The van der Waals surface area contributed by atoms with Crippen LogP contribution in [-0.4, -0.2) is 34.1 Å². The van der Waals surface area contributed by atoms with E-state index in [-0.39, 0.29) is 0 Å². The number of nitrogens with zero attached hydrogens (tertiary/aromatic N) is 4.